The largest absolute Gasteiger partial charge is 0.466 e. The van der Waals surface area contributed by atoms with E-state index in [0.29, 0.717) is 37.4 Å². The third-order valence-electron chi connectivity index (χ3n) is 4.04. The molecule has 1 aromatic rings. The zero-order chi connectivity index (χ0) is 16.5. The van der Waals surface area contributed by atoms with Crippen LogP contribution in [0.2, 0.25) is 0 Å². The molecule has 124 valence electrons. The van der Waals surface area contributed by atoms with Crippen LogP contribution in [0.5, 0.6) is 0 Å². The maximum Gasteiger partial charge on any atom is 0.310 e. The Morgan fingerprint density at radius 1 is 1.41 bits per heavy atom. The molecule has 7 nitrogen and oxygen atoms in total. The zero-order valence-electron chi connectivity index (χ0n) is 13.5. The van der Waals surface area contributed by atoms with Gasteiger partial charge in [-0.25, -0.2) is 8.42 Å². The van der Waals surface area contributed by atoms with Crippen LogP contribution in [0.15, 0.2) is 4.90 Å². The molecule has 0 bridgehead atoms. The van der Waals surface area contributed by atoms with E-state index in [4.69, 9.17) is 4.74 Å². The lowest BCUT2D eigenvalue weighted by molar-refractivity contribution is -0.149. The number of ether oxygens (including phenoxy) is 1. The van der Waals surface area contributed by atoms with Gasteiger partial charge in [0.1, 0.15) is 4.90 Å². The first-order valence-corrected chi connectivity index (χ1v) is 8.90. The Morgan fingerprint density at radius 2 is 2.09 bits per heavy atom. The molecule has 0 aromatic carbocycles. The van der Waals surface area contributed by atoms with Crippen LogP contribution >= 0.6 is 0 Å². The summed E-state index contributed by atoms with van der Waals surface area (Å²) in [6.07, 6.45) is 1.32. The van der Waals surface area contributed by atoms with Gasteiger partial charge < -0.3 is 4.74 Å². The molecule has 0 aliphatic carbocycles. The van der Waals surface area contributed by atoms with Crippen LogP contribution in [-0.2, 0) is 26.6 Å². The van der Waals surface area contributed by atoms with E-state index >= 15 is 0 Å². The molecule has 0 amide bonds. The van der Waals surface area contributed by atoms with Crippen LogP contribution in [0.4, 0.5) is 0 Å². The van der Waals surface area contributed by atoms with Crippen LogP contribution in [-0.4, -0.2) is 48.2 Å². The van der Waals surface area contributed by atoms with E-state index in [1.54, 1.807) is 32.5 Å². The summed E-state index contributed by atoms with van der Waals surface area (Å²) in [7, 11) is -1.92. The number of carbonyl (C=O) groups excluding carboxylic acids is 1. The molecule has 1 aliphatic heterocycles. The SMILES string of the molecule is CCOC(=O)[C@H]1CCCN(S(=O)(=O)c2c(C)nn(C)c2C)C1. The minimum Gasteiger partial charge on any atom is -0.466 e. The van der Waals surface area contributed by atoms with Gasteiger partial charge in [0, 0.05) is 20.1 Å². The molecule has 2 heterocycles. The van der Waals surface area contributed by atoms with Crippen LogP contribution in [0.25, 0.3) is 0 Å². The molecule has 8 heteroatoms. The number of carbonyl (C=O) groups is 1. The van der Waals surface area contributed by atoms with Crippen molar-refractivity contribution >= 4 is 16.0 Å². The normalized spacial score (nSPS) is 20.1. The van der Waals surface area contributed by atoms with Crippen LogP contribution in [0.3, 0.4) is 0 Å². The summed E-state index contributed by atoms with van der Waals surface area (Å²) >= 11 is 0. The Hall–Kier alpha value is -1.41. The van der Waals surface area contributed by atoms with E-state index < -0.39 is 10.0 Å². The number of sulfonamides is 1. The summed E-state index contributed by atoms with van der Waals surface area (Å²) in [4.78, 5) is 12.1. The third-order valence-corrected chi connectivity index (χ3v) is 6.16. The van der Waals surface area contributed by atoms with E-state index in [9.17, 15) is 13.2 Å². The molecule has 0 saturated carbocycles. The van der Waals surface area contributed by atoms with Crippen LogP contribution in [0, 0.1) is 19.8 Å². The topological polar surface area (TPSA) is 81.5 Å². The van der Waals surface area contributed by atoms with Crippen LogP contribution in [0.1, 0.15) is 31.2 Å². The van der Waals surface area contributed by atoms with Crippen molar-refractivity contribution in [1.82, 2.24) is 14.1 Å². The Kier molecular flexibility index (Phi) is 4.91. The smallest absolute Gasteiger partial charge is 0.310 e. The highest BCUT2D eigenvalue weighted by molar-refractivity contribution is 7.89. The number of aryl methyl sites for hydroxylation is 2. The Labute approximate surface area is 131 Å². The quantitative estimate of drug-likeness (QED) is 0.770. The Bertz CT molecular complexity index is 666. The summed E-state index contributed by atoms with van der Waals surface area (Å²) < 4.78 is 33.7. The fraction of sp³-hybridized carbons (Fsp3) is 0.714. The highest BCUT2D eigenvalue weighted by atomic mass is 32.2. The van der Waals surface area contributed by atoms with E-state index in [2.05, 4.69) is 5.10 Å². The number of hydrogen-bond acceptors (Lipinski definition) is 5. The molecule has 2 rings (SSSR count). The second-order valence-electron chi connectivity index (χ2n) is 5.58. The molecule has 0 N–H and O–H groups in total. The molecule has 1 fully saturated rings. The molecule has 0 spiro atoms. The number of esters is 1. The lowest BCUT2D eigenvalue weighted by Gasteiger charge is -2.30. The van der Waals surface area contributed by atoms with Crippen LogP contribution < -0.4 is 0 Å². The van der Waals surface area contributed by atoms with Crippen molar-refractivity contribution in [3.05, 3.63) is 11.4 Å². The predicted molar refractivity (Wildman–Crippen MR) is 80.8 cm³/mol. The van der Waals surface area contributed by atoms with Crippen molar-refractivity contribution in [1.29, 1.82) is 0 Å². The van der Waals surface area contributed by atoms with Crippen molar-refractivity contribution in [2.24, 2.45) is 13.0 Å². The molecule has 1 atom stereocenters. The van der Waals surface area contributed by atoms with Gasteiger partial charge in [-0.1, -0.05) is 0 Å². The average Bonchev–Trinajstić information content (AvgIpc) is 2.73. The molecule has 22 heavy (non-hydrogen) atoms. The summed E-state index contributed by atoms with van der Waals surface area (Å²) in [6, 6.07) is 0. The van der Waals surface area contributed by atoms with Gasteiger partial charge in [-0.2, -0.15) is 9.40 Å². The number of nitrogens with zero attached hydrogens (tertiary/aromatic N) is 3. The molecule has 0 unspecified atom stereocenters. The third kappa shape index (κ3) is 3.03. The van der Waals surface area contributed by atoms with E-state index in [0.717, 1.165) is 0 Å². The molecular formula is C14H23N3O4S. The van der Waals surface area contributed by atoms with Crippen molar-refractivity contribution in [2.75, 3.05) is 19.7 Å². The molecular weight excluding hydrogens is 306 g/mol. The monoisotopic (exact) mass is 329 g/mol. The minimum atomic E-state index is -3.64. The van der Waals surface area contributed by atoms with E-state index in [1.165, 1.54) is 4.31 Å². The maximum absolute atomic E-state index is 12.9. The van der Waals surface area contributed by atoms with Gasteiger partial charge in [0.15, 0.2) is 0 Å². The summed E-state index contributed by atoms with van der Waals surface area (Å²) in [5, 5.41) is 4.17. The van der Waals surface area contributed by atoms with Gasteiger partial charge in [-0.3, -0.25) is 9.48 Å². The first-order valence-electron chi connectivity index (χ1n) is 7.46. The number of hydrogen-bond donors (Lipinski definition) is 0. The maximum atomic E-state index is 12.9. The van der Waals surface area contributed by atoms with E-state index in [-0.39, 0.29) is 23.3 Å². The number of aromatic nitrogens is 2. The number of piperidine rings is 1. The van der Waals surface area contributed by atoms with E-state index in [1.807, 2.05) is 0 Å². The van der Waals surface area contributed by atoms with Crippen molar-refractivity contribution < 1.29 is 17.9 Å². The summed E-state index contributed by atoms with van der Waals surface area (Å²) in [6.45, 7) is 6.08. The van der Waals surface area contributed by atoms with Gasteiger partial charge in [-0.15, -0.1) is 0 Å². The van der Waals surface area contributed by atoms with Crippen molar-refractivity contribution in [3.63, 3.8) is 0 Å². The molecule has 1 aromatic heterocycles. The first kappa shape index (κ1) is 17.0. The second-order valence-corrected chi connectivity index (χ2v) is 7.45. The van der Waals surface area contributed by atoms with Gasteiger partial charge in [0.25, 0.3) is 0 Å². The lowest BCUT2D eigenvalue weighted by Crippen LogP contribution is -2.43. The predicted octanol–water partition coefficient (Wildman–Crippen LogP) is 1.00. The lowest BCUT2D eigenvalue weighted by atomic mass is 10.0. The molecule has 0 radical (unpaired) electrons. The van der Waals surface area contributed by atoms with Gasteiger partial charge in [0.05, 0.1) is 23.9 Å². The second kappa shape index (κ2) is 6.37. The minimum absolute atomic E-state index is 0.176. The highest BCUT2D eigenvalue weighted by Crippen LogP contribution is 2.27. The fourth-order valence-electron chi connectivity index (χ4n) is 2.87. The van der Waals surface area contributed by atoms with Crippen molar-refractivity contribution in [3.8, 4) is 0 Å². The number of rotatable bonds is 4. The van der Waals surface area contributed by atoms with Gasteiger partial charge in [0.2, 0.25) is 10.0 Å². The summed E-state index contributed by atoms with van der Waals surface area (Å²) in [5.74, 6) is -0.706. The first-order chi connectivity index (χ1) is 10.3. The highest BCUT2D eigenvalue weighted by Gasteiger charge is 2.36. The fourth-order valence-corrected chi connectivity index (χ4v) is 4.79. The molecule has 1 saturated heterocycles. The standard InChI is InChI=1S/C14H23N3O4S/c1-5-21-14(18)12-7-6-8-17(9-12)22(19,20)13-10(2)15-16(4)11(13)3/h12H,5-9H2,1-4H3/t12-/m0/s1. The Balaban J connectivity index is 2.28. The summed E-state index contributed by atoms with van der Waals surface area (Å²) in [5.41, 5.74) is 1.09. The van der Waals surface area contributed by atoms with Crippen molar-refractivity contribution in [2.45, 2.75) is 38.5 Å². The molecule has 1 aliphatic rings. The average molecular weight is 329 g/mol. The van der Waals surface area contributed by atoms with Gasteiger partial charge >= 0.3 is 5.97 Å². The Morgan fingerprint density at radius 3 is 2.64 bits per heavy atom. The van der Waals surface area contributed by atoms with Gasteiger partial charge in [-0.05, 0) is 33.6 Å². The zero-order valence-corrected chi connectivity index (χ0v) is 14.3.